The largest absolute Gasteiger partial charge is 0.385 e. The molecule has 2 atom stereocenters. The van der Waals surface area contributed by atoms with E-state index in [0.29, 0.717) is 0 Å². The number of pyridine rings is 1. The van der Waals surface area contributed by atoms with Crippen molar-refractivity contribution in [3.8, 4) is 0 Å². The van der Waals surface area contributed by atoms with Gasteiger partial charge in [0.05, 0.1) is 0 Å². The van der Waals surface area contributed by atoms with E-state index in [-0.39, 0.29) is 0 Å². The van der Waals surface area contributed by atoms with Crippen LogP contribution in [0.4, 0.5) is 5.69 Å². The summed E-state index contributed by atoms with van der Waals surface area (Å²) < 4.78 is 0. The molecule has 1 aromatic rings. The summed E-state index contributed by atoms with van der Waals surface area (Å²) in [5.74, 6) is 1.47. The maximum Gasteiger partial charge on any atom is 0.0371 e. The van der Waals surface area contributed by atoms with E-state index >= 15 is 0 Å². The number of hydrogen-bond acceptors (Lipinski definition) is 3. The van der Waals surface area contributed by atoms with Crippen molar-refractivity contribution in [3.05, 3.63) is 24.5 Å². The SMILES string of the molecule is NCC1CCCC1CNc1ccncc1. The molecule has 1 heterocycles. The van der Waals surface area contributed by atoms with Crippen LogP contribution in [0.1, 0.15) is 19.3 Å². The zero-order chi connectivity index (χ0) is 10.5. The maximum absolute atomic E-state index is 5.76. The lowest BCUT2D eigenvalue weighted by molar-refractivity contribution is 0.414. The molecule has 1 fully saturated rings. The fraction of sp³-hybridized carbons (Fsp3) is 0.583. The normalized spacial score (nSPS) is 25.4. The van der Waals surface area contributed by atoms with Crippen molar-refractivity contribution >= 4 is 5.69 Å². The molecule has 82 valence electrons. The molecule has 2 unspecified atom stereocenters. The van der Waals surface area contributed by atoms with Crippen LogP contribution in [0.5, 0.6) is 0 Å². The molecule has 1 aliphatic carbocycles. The van der Waals surface area contributed by atoms with Gasteiger partial charge in [-0.15, -0.1) is 0 Å². The maximum atomic E-state index is 5.76. The molecule has 1 saturated carbocycles. The smallest absolute Gasteiger partial charge is 0.0371 e. The highest BCUT2D eigenvalue weighted by Gasteiger charge is 2.25. The lowest BCUT2D eigenvalue weighted by Crippen LogP contribution is -2.24. The third-order valence-corrected chi connectivity index (χ3v) is 3.37. The van der Waals surface area contributed by atoms with Gasteiger partial charge in [-0.25, -0.2) is 0 Å². The number of nitrogens with one attached hydrogen (secondary N) is 1. The van der Waals surface area contributed by atoms with Crippen LogP contribution in [0.2, 0.25) is 0 Å². The Kier molecular flexibility index (Phi) is 3.56. The minimum absolute atomic E-state index is 0.722. The first-order chi connectivity index (χ1) is 7.40. The number of rotatable bonds is 4. The van der Waals surface area contributed by atoms with Crippen LogP contribution in [-0.2, 0) is 0 Å². The zero-order valence-corrected chi connectivity index (χ0v) is 9.02. The third-order valence-electron chi connectivity index (χ3n) is 3.37. The van der Waals surface area contributed by atoms with Gasteiger partial charge in [-0.1, -0.05) is 6.42 Å². The van der Waals surface area contributed by atoms with E-state index in [9.17, 15) is 0 Å². The Morgan fingerprint density at radius 1 is 1.27 bits per heavy atom. The van der Waals surface area contributed by atoms with Crippen molar-refractivity contribution in [2.45, 2.75) is 19.3 Å². The summed E-state index contributed by atoms with van der Waals surface area (Å²) in [6, 6.07) is 4.01. The van der Waals surface area contributed by atoms with Crippen LogP contribution in [0.3, 0.4) is 0 Å². The average molecular weight is 205 g/mol. The lowest BCUT2D eigenvalue weighted by atomic mass is 9.96. The van der Waals surface area contributed by atoms with Crippen LogP contribution in [0.15, 0.2) is 24.5 Å². The second kappa shape index (κ2) is 5.12. The molecule has 0 bridgehead atoms. The van der Waals surface area contributed by atoms with Gasteiger partial charge in [0.1, 0.15) is 0 Å². The highest BCUT2D eigenvalue weighted by Crippen LogP contribution is 2.30. The van der Waals surface area contributed by atoms with Crippen molar-refractivity contribution in [1.29, 1.82) is 0 Å². The van der Waals surface area contributed by atoms with Crippen LogP contribution in [0, 0.1) is 11.8 Å². The second-order valence-electron chi connectivity index (χ2n) is 4.30. The van der Waals surface area contributed by atoms with Crippen LogP contribution >= 0.6 is 0 Å². The molecule has 2 rings (SSSR count). The second-order valence-corrected chi connectivity index (χ2v) is 4.30. The van der Waals surface area contributed by atoms with Gasteiger partial charge in [-0.3, -0.25) is 4.98 Å². The van der Waals surface area contributed by atoms with E-state index in [1.165, 1.54) is 19.3 Å². The van der Waals surface area contributed by atoms with Gasteiger partial charge in [0.2, 0.25) is 0 Å². The Hall–Kier alpha value is -1.09. The van der Waals surface area contributed by atoms with E-state index in [1.807, 2.05) is 24.5 Å². The molecule has 0 aromatic carbocycles. The van der Waals surface area contributed by atoms with E-state index < -0.39 is 0 Å². The Morgan fingerprint density at radius 2 is 2.00 bits per heavy atom. The molecule has 0 saturated heterocycles. The summed E-state index contributed by atoms with van der Waals surface area (Å²) in [6.45, 7) is 1.88. The molecule has 15 heavy (non-hydrogen) atoms. The molecule has 1 aromatic heterocycles. The Balaban J connectivity index is 1.83. The van der Waals surface area contributed by atoms with Crippen molar-refractivity contribution in [2.24, 2.45) is 17.6 Å². The molecule has 0 radical (unpaired) electrons. The summed E-state index contributed by atoms with van der Waals surface area (Å²) in [4.78, 5) is 4.00. The number of aromatic nitrogens is 1. The van der Waals surface area contributed by atoms with Gasteiger partial charge in [-0.2, -0.15) is 0 Å². The molecular weight excluding hydrogens is 186 g/mol. The average Bonchev–Trinajstić information content (AvgIpc) is 2.75. The summed E-state index contributed by atoms with van der Waals surface area (Å²) in [5.41, 5.74) is 6.92. The summed E-state index contributed by atoms with van der Waals surface area (Å²) >= 11 is 0. The Morgan fingerprint density at radius 3 is 2.73 bits per heavy atom. The van der Waals surface area contributed by atoms with Gasteiger partial charge >= 0.3 is 0 Å². The van der Waals surface area contributed by atoms with Gasteiger partial charge < -0.3 is 11.1 Å². The molecule has 1 aliphatic rings. The molecule has 0 aliphatic heterocycles. The first-order valence-corrected chi connectivity index (χ1v) is 5.74. The van der Waals surface area contributed by atoms with E-state index in [2.05, 4.69) is 10.3 Å². The van der Waals surface area contributed by atoms with Gasteiger partial charge in [0.25, 0.3) is 0 Å². The van der Waals surface area contributed by atoms with Gasteiger partial charge in [0.15, 0.2) is 0 Å². The van der Waals surface area contributed by atoms with Gasteiger partial charge in [-0.05, 0) is 43.4 Å². The predicted molar refractivity (Wildman–Crippen MR) is 62.6 cm³/mol. The minimum atomic E-state index is 0.722. The van der Waals surface area contributed by atoms with Crippen LogP contribution < -0.4 is 11.1 Å². The molecule has 3 N–H and O–H groups in total. The first-order valence-electron chi connectivity index (χ1n) is 5.74. The van der Waals surface area contributed by atoms with Gasteiger partial charge in [0, 0.05) is 24.6 Å². The van der Waals surface area contributed by atoms with Crippen LogP contribution in [-0.4, -0.2) is 18.1 Å². The number of anilines is 1. The van der Waals surface area contributed by atoms with E-state index in [0.717, 1.165) is 30.6 Å². The molecule has 3 heteroatoms. The zero-order valence-electron chi connectivity index (χ0n) is 9.02. The molecular formula is C12H19N3. The fourth-order valence-corrected chi connectivity index (χ4v) is 2.41. The molecule has 0 spiro atoms. The number of nitrogens with two attached hydrogens (primary N) is 1. The van der Waals surface area contributed by atoms with Crippen molar-refractivity contribution < 1.29 is 0 Å². The summed E-state index contributed by atoms with van der Waals surface area (Å²) in [7, 11) is 0. The van der Waals surface area contributed by atoms with Crippen molar-refractivity contribution in [3.63, 3.8) is 0 Å². The van der Waals surface area contributed by atoms with Crippen LogP contribution in [0.25, 0.3) is 0 Å². The molecule has 3 nitrogen and oxygen atoms in total. The quantitative estimate of drug-likeness (QED) is 0.789. The highest BCUT2D eigenvalue weighted by atomic mass is 14.9. The first kappa shape index (κ1) is 10.4. The highest BCUT2D eigenvalue weighted by molar-refractivity contribution is 5.40. The Labute approximate surface area is 91.1 Å². The standard InChI is InChI=1S/C12H19N3/c13-8-10-2-1-3-11(10)9-15-12-4-6-14-7-5-12/h4-7,10-11H,1-3,8-9,13H2,(H,14,15). The molecule has 0 amide bonds. The predicted octanol–water partition coefficient (Wildman–Crippen LogP) is 1.87. The fourth-order valence-electron chi connectivity index (χ4n) is 2.41. The van der Waals surface area contributed by atoms with Crippen molar-refractivity contribution in [1.82, 2.24) is 4.98 Å². The summed E-state index contributed by atoms with van der Waals surface area (Å²) in [5, 5.41) is 3.46. The number of nitrogens with zero attached hydrogens (tertiary/aromatic N) is 1. The topological polar surface area (TPSA) is 50.9 Å². The minimum Gasteiger partial charge on any atom is -0.385 e. The monoisotopic (exact) mass is 205 g/mol. The Bertz CT molecular complexity index is 286. The third kappa shape index (κ3) is 2.69. The van der Waals surface area contributed by atoms with E-state index in [1.54, 1.807) is 0 Å². The summed E-state index contributed by atoms with van der Waals surface area (Å²) in [6.07, 6.45) is 7.60. The van der Waals surface area contributed by atoms with E-state index in [4.69, 9.17) is 5.73 Å². The lowest BCUT2D eigenvalue weighted by Gasteiger charge is -2.18. The van der Waals surface area contributed by atoms with Crippen molar-refractivity contribution in [2.75, 3.05) is 18.4 Å². The number of hydrogen-bond donors (Lipinski definition) is 2.